The van der Waals surface area contributed by atoms with Gasteiger partial charge in [0.15, 0.2) is 0 Å². The molecule has 0 saturated heterocycles. The predicted molar refractivity (Wildman–Crippen MR) is 86.7 cm³/mol. The average Bonchev–Trinajstić information content (AvgIpc) is 2.26. The molecule has 1 aromatic carbocycles. The number of ether oxygens (including phenoxy) is 1. The fourth-order valence-corrected chi connectivity index (χ4v) is 1.92. The molecule has 0 spiro atoms. The lowest BCUT2D eigenvalue weighted by Gasteiger charge is -2.23. The molecule has 0 aliphatic heterocycles. The molecule has 4 heteroatoms. The molecule has 0 heterocycles. The van der Waals surface area contributed by atoms with E-state index in [1.807, 2.05) is 26.8 Å². The standard InChI is InChI=1S/C16H27NO2.ClH/c1-11(2)6-8-14(17)13-10-12(7-9-15(13)18)19-16(3,4)5;/h7,9-11,14,18H,6,8,17H2,1-5H3;1H/t14-;/m1./s1. The first-order valence-corrected chi connectivity index (χ1v) is 6.96. The van der Waals surface area contributed by atoms with Crippen LogP contribution in [0.25, 0.3) is 0 Å². The topological polar surface area (TPSA) is 55.5 Å². The highest BCUT2D eigenvalue weighted by atomic mass is 35.5. The first-order valence-electron chi connectivity index (χ1n) is 6.96. The third kappa shape index (κ3) is 6.49. The monoisotopic (exact) mass is 301 g/mol. The van der Waals surface area contributed by atoms with Gasteiger partial charge in [-0.05, 0) is 57.7 Å². The van der Waals surface area contributed by atoms with E-state index in [0.717, 1.165) is 24.2 Å². The summed E-state index contributed by atoms with van der Waals surface area (Å²) in [5.74, 6) is 1.61. The summed E-state index contributed by atoms with van der Waals surface area (Å²) in [6, 6.07) is 5.14. The molecule has 0 aliphatic rings. The number of halogens is 1. The fraction of sp³-hybridized carbons (Fsp3) is 0.625. The summed E-state index contributed by atoms with van der Waals surface area (Å²) in [6.07, 6.45) is 1.91. The molecular formula is C16H28ClNO2. The number of benzene rings is 1. The van der Waals surface area contributed by atoms with Crippen molar-refractivity contribution >= 4 is 12.4 Å². The number of aromatic hydroxyl groups is 1. The maximum atomic E-state index is 9.93. The van der Waals surface area contributed by atoms with Gasteiger partial charge in [0, 0.05) is 11.6 Å². The van der Waals surface area contributed by atoms with E-state index < -0.39 is 0 Å². The van der Waals surface area contributed by atoms with E-state index in [9.17, 15) is 5.11 Å². The fourth-order valence-electron chi connectivity index (χ4n) is 1.92. The van der Waals surface area contributed by atoms with Gasteiger partial charge in [-0.3, -0.25) is 0 Å². The molecule has 0 aliphatic carbocycles. The lowest BCUT2D eigenvalue weighted by molar-refractivity contribution is 0.130. The minimum absolute atomic E-state index is 0. The molecule has 0 saturated carbocycles. The minimum Gasteiger partial charge on any atom is -0.508 e. The number of nitrogens with two attached hydrogens (primary N) is 1. The Balaban J connectivity index is 0.00000361. The zero-order valence-corrected chi connectivity index (χ0v) is 14.0. The predicted octanol–water partition coefficient (Wildman–Crippen LogP) is 4.43. The Morgan fingerprint density at radius 1 is 1.20 bits per heavy atom. The van der Waals surface area contributed by atoms with Gasteiger partial charge in [0.05, 0.1) is 0 Å². The molecule has 0 unspecified atom stereocenters. The number of hydrogen-bond donors (Lipinski definition) is 2. The zero-order chi connectivity index (χ0) is 14.6. The lowest BCUT2D eigenvalue weighted by atomic mass is 9.97. The lowest BCUT2D eigenvalue weighted by Crippen LogP contribution is -2.23. The quantitative estimate of drug-likeness (QED) is 0.846. The van der Waals surface area contributed by atoms with Gasteiger partial charge in [0.1, 0.15) is 17.1 Å². The highest BCUT2D eigenvalue weighted by molar-refractivity contribution is 5.85. The molecule has 20 heavy (non-hydrogen) atoms. The summed E-state index contributed by atoms with van der Waals surface area (Å²) in [5, 5.41) is 9.93. The van der Waals surface area contributed by atoms with E-state index in [1.165, 1.54) is 0 Å². The maximum Gasteiger partial charge on any atom is 0.120 e. The van der Waals surface area contributed by atoms with Crippen LogP contribution < -0.4 is 10.5 Å². The van der Waals surface area contributed by atoms with Crippen molar-refractivity contribution in [2.24, 2.45) is 11.7 Å². The highest BCUT2D eigenvalue weighted by Crippen LogP contribution is 2.31. The summed E-state index contributed by atoms with van der Waals surface area (Å²) in [5.41, 5.74) is 6.67. The van der Waals surface area contributed by atoms with E-state index >= 15 is 0 Å². The van der Waals surface area contributed by atoms with Crippen molar-refractivity contribution < 1.29 is 9.84 Å². The molecule has 0 fully saturated rings. The Labute approximate surface area is 128 Å². The largest absolute Gasteiger partial charge is 0.508 e. The van der Waals surface area contributed by atoms with Gasteiger partial charge in [-0.25, -0.2) is 0 Å². The van der Waals surface area contributed by atoms with E-state index in [0.29, 0.717) is 5.92 Å². The van der Waals surface area contributed by atoms with Crippen LogP contribution in [0.1, 0.15) is 59.1 Å². The number of rotatable bonds is 5. The van der Waals surface area contributed by atoms with Crippen LogP contribution in [0.3, 0.4) is 0 Å². The second-order valence-electron chi connectivity index (χ2n) is 6.51. The summed E-state index contributed by atoms with van der Waals surface area (Å²) in [7, 11) is 0. The van der Waals surface area contributed by atoms with Crippen LogP contribution in [0.2, 0.25) is 0 Å². The summed E-state index contributed by atoms with van der Waals surface area (Å²) in [6.45, 7) is 10.3. The smallest absolute Gasteiger partial charge is 0.120 e. The molecule has 1 aromatic rings. The van der Waals surface area contributed by atoms with Gasteiger partial charge in [-0.2, -0.15) is 0 Å². The van der Waals surface area contributed by atoms with Gasteiger partial charge >= 0.3 is 0 Å². The highest BCUT2D eigenvalue weighted by Gasteiger charge is 2.16. The SMILES string of the molecule is CC(C)CC[C@@H](N)c1cc(OC(C)(C)C)ccc1O.Cl. The normalized spacial score (nSPS) is 12.9. The van der Waals surface area contributed by atoms with Crippen molar-refractivity contribution in [3.63, 3.8) is 0 Å². The number of hydrogen-bond acceptors (Lipinski definition) is 3. The van der Waals surface area contributed by atoms with Gasteiger partial charge in [0.2, 0.25) is 0 Å². The van der Waals surface area contributed by atoms with Crippen molar-refractivity contribution in [1.82, 2.24) is 0 Å². The molecule has 3 nitrogen and oxygen atoms in total. The van der Waals surface area contributed by atoms with Gasteiger partial charge in [0.25, 0.3) is 0 Å². The van der Waals surface area contributed by atoms with E-state index in [-0.39, 0.29) is 29.8 Å². The molecule has 0 radical (unpaired) electrons. The average molecular weight is 302 g/mol. The van der Waals surface area contributed by atoms with Crippen molar-refractivity contribution in [2.75, 3.05) is 0 Å². The Morgan fingerprint density at radius 2 is 1.80 bits per heavy atom. The summed E-state index contributed by atoms with van der Waals surface area (Å²) >= 11 is 0. The van der Waals surface area contributed by atoms with Crippen LogP contribution in [-0.4, -0.2) is 10.7 Å². The summed E-state index contributed by atoms with van der Waals surface area (Å²) < 4.78 is 5.81. The third-order valence-corrected chi connectivity index (χ3v) is 2.88. The van der Waals surface area contributed by atoms with Crippen molar-refractivity contribution in [3.05, 3.63) is 23.8 Å². The molecule has 0 bridgehead atoms. The van der Waals surface area contributed by atoms with E-state index in [1.54, 1.807) is 12.1 Å². The first-order chi connectivity index (χ1) is 8.69. The summed E-state index contributed by atoms with van der Waals surface area (Å²) in [4.78, 5) is 0. The Bertz CT molecular complexity index is 413. The first kappa shape index (κ1) is 19.1. The van der Waals surface area contributed by atoms with E-state index in [2.05, 4.69) is 13.8 Å². The molecule has 3 N–H and O–H groups in total. The second-order valence-corrected chi connectivity index (χ2v) is 6.51. The van der Waals surface area contributed by atoms with Crippen LogP contribution >= 0.6 is 12.4 Å². The molecule has 1 rings (SSSR count). The Kier molecular flexibility index (Phi) is 7.39. The zero-order valence-electron chi connectivity index (χ0n) is 13.1. The Morgan fingerprint density at radius 3 is 2.30 bits per heavy atom. The van der Waals surface area contributed by atoms with Crippen molar-refractivity contribution in [3.8, 4) is 11.5 Å². The van der Waals surface area contributed by atoms with E-state index in [4.69, 9.17) is 10.5 Å². The van der Waals surface area contributed by atoms with Crippen LogP contribution in [0.5, 0.6) is 11.5 Å². The third-order valence-electron chi connectivity index (χ3n) is 2.88. The van der Waals surface area contributed by atoms with Crippen LogP contribution in [0, 0.1) is 5.92 Å². The molecular weight excluding hydrogens is 274 g/mol. The maximum absolute atomic E-state index is 9.93. The van der Waals surface area contributed by atoms with Crippen molar-refractivity contribution in [2.45, 2.75) is 59.1 Å². The molecule has 0 aromatic heterocycles. The van der Waals surface area contributed by atoms with Crippen LogP contribution in [-0.2, 0) is 0 Å². The van der Waals surface area contributed by atoms with Gasteiger partial charge in [-0.1, -0.05) is 13.8 Å². The minimum atomic E-state index is -0.254. The van der Waals surface area contributed by atoms with Crippen LogP contribution in [0.4, 0.5) is 0 Å². The Hall–Kier alpha value is -0.930. The molecule has 116 valence electrons. The van der Waals surface area contributed by atoms with Gasteiger partial charge in [-0.15, -0.1) is 12.4 Å². The van der Waals surface area contributed by atoms with Crippen LogP contribution in [0.15, 0.2) is 18.2 Å². The number of phenolic OH excluding ortho intramolecular Hbond substituents is 1. The molecule has 1 atom stereocenters. The second kappa shape index (κ2) is 7.75. The van der Waals surface area contributed by atoms with Gasteiger partial charge < -0.3 is 15.6 Å². The molecule has 0 amide bonds. The number of phenols is 1. The van der Waals surface area contributed by atoms with Crippen molar-refractivity contribution in [1.29, 1.82) is 0 Å².